The maximum atomic E-state index is 13.7. The first-order valence-corrected chi connectivity index (χ1v) is 12.3. The smallest absolute Gasteiger partial charge is 0.271 e. The second-order valence-corrected chi connectivity index (χ2v) is 9.47. The van der Waals surface area contributed by atoms with Crippen LogP contribution in [-0.4, -0.2) is 68.9 Å². The van der Waals surface area contributed by atoms with Gasteiger partial charge >= 0.3 is 0 Å². The van der Waals surface area contributed by atoms with Crippen LogP contribution in [0.5, 0.6) is 5.75 Å². The summed E-state index contributed by atoms with van der Waals surface area (Å²) in [5, 5.41) is 14.7. The van der Waals surface area contributed by atoms with Crippen molar-refractivity contribution in [2.75, 3.05) is 13.2 Å². The molecule has 2 aliphatic rings. The van der Waals surface area contributed by atoms with Gasteiger partial charge < -0.3 is 20.1 Å². The number of hydrogen-bond acceptors (Lipinski definition) is 8. The number of amides is 2. The Balaban J connectivity index is 1.38. The lowest BCUT2D eigenvalue weighted by molar-refractivity contribution is -0.142. The van der Waals surface area contributed by atoms with Crippen LogP contribution in [0, 0.1) is 0 Å². The summed E-state index contributed by atoms with van der Waals surface area (Å²) < 4.78 is 5.58. The highest BCUT2D eigenvalue weighted by molar-refractivity contribution is 7.13. The molecule has 35 heavy (non-hydrogen) atoms. The number of nitrogens with one attached hydrogen (secondary N) is 1. The molecular formula is C25H24N4O5S. The summed E-state index contributed by atoms with van der Waals surface area (Å²) in [4.78, 5) is 49.4. The molecule has 0 saturated carbocycles. The van der Waals surface area contributed by atoms with Crippen molar-refractivity contribution >= 4 is 28.9 Å². The molecule has 5 rings (SSSR count). The fraction of sp³-hybridized carbons (Fsp3) is 0.320. The van der Waals surface area contributed by atoms with Gasteiger partial charge in [0.1, 0.15) is 35.1 Å². The Morgan fingerprint density at radius 3 is 2.86 bits per heavy atom. The zero-order valence-corrected chi connectivity index (χ0v) is 19.6. The molecule has 3 aromatic rings. The molecule has 2 aliphatic heterocycles. The first-order valence-electron chi connectivity index (χ1n) is 11.4. The molecule has 2 fully saturated rings. The first kappa shape index (κ1) is 23.1. The molecule has 180 valence electrons. The lowest BCUT2D eigenvalue weighted by Crippen LogP contribution is -2.58. The number of fused-ring (bicyclic) bond motifs is 1. The van der Waals surface area contributed by atoms with Crippen molar-refractivity contribution in [1.82, 2.24) is 20.2 Å². The van der Waals surface area contributed by atoms with Gasteiger partial charge in [-0.2, -0.15) is 0 Å². The Kier molecular flexibility index (Phi) is 6.56. The van der Waals surface area contributed by atoms with Crippen LogP contribution in [0.2, 0.25) is 0 Å². The van der Waals surface area contributed by atoms with Gasteiger partial charge in [0, 0.05) is 36.3 Å². The van der Waals surface area contributed by atoms with E-state index >= 15 is 0 Å². The number of carbonyl (C=O) groups is 3. The number of aromatic nitrogens is 2. The van der Waals surface area contributed by atoms with E-state index in [-0.39, 0.29) is 42.3 Å². The Labute approximate surface area is 205 Å². The number of hydrogen-bond donors (Lipinski definition) is 2. The van der Waals surface area contributed by atoms with Crippen molar-refractivity contribution in [3.05, 3.63) is 65.4 Å². The fourth-order valence-corrected chi connectivity index (χ4v) is 5.33. The topological polar surface area (TPSA) is 122 Å². The van der Waals surface area contributed by atoms with Crippen molar-refractivity contribution in [1.29, 1.82) is 0 Å². The Morgan fingerprint density at radius 2 is 2.09 bits per heavy atom. The number of rotatable bonds is 6. The molecule has 1 aromatic carbocycles. The molecule has 0 radical (unpaired) electrons. The van der Waals surface area contributed by atoms with Crippen molar-refractivity contribution in [2.24, 2.45) is 0 Å². The van der Waals surface area contributed by atoms with E-state index in [0.717, 1.165) is 24.0 Å². The molecule has 0 spiro atoms. The summed E-state index contributed by atoms with van der Waals surface area (Å²) in [7, 11) is 0. The number of phenols is 1. The average Bonchev–Trinajstić information content (AvgIpc) is 3.53. The van der Waals surface area contributed by atoms with E-state index in [4.69, 9.17) is 4.74 Å². The summed E-state index contributed by atoms with van der Waals surface area (Å²) in [5.74, 6) is -0.809. The minimum Gasteiger partial charge on any atom is -0.508 e. The third-order valence-corrected chi connectivity index (χ3v) is 7.14. The van der Waals surface area contributed by atoms with E-state index in [2.05, 4.69) is 15.3 Å². The highest BCUT2D eigenvalue weighted by Crippen LogP contribution is 2.28. The lowest BCUT2D eigenvalue weighted by atomic mass is 9.95. The number of likely N-dealkylation sites (tertiary alicyclic amines) is 1. The first-order chi connectivity index (χ1) is 17.0. The van der Waals surface area contributed by atoms with Gasteiger partial charge in [0.25, 0.3) is 5.91 Å². The van der Waals surface area contributed by atoms with Crippen LogP contribution in [-0.2, 0) is 20.7 Å². The van der Waals surface area contributed by atoms with Gasteiger partial charge in [-0.05, 0) is 42.7 Å². The number of piperidine rings is 1. The van der Waals surface area contributed by atoms with Crippen molar-refractivity contribution < 1.29 is 24.2 Å². The number of nitrogens with zero attached hydrogens (tertiary/aromatic N) is 3. The molecule has 9 nitrogen and oxygen atoms in total. The summed E-state index contributed by atoms with van der Waals surface area (Å²) in [6.07, 6.45) is 4.69. The number of benzene rings is 1. The lowest BCUT2D eigenvalue weighted by Gasteiger charge is -2.37. The van der Waals surface area contributed by atoms with Gasteiger partial charge in [0.2, 0.25) is 5.91 Å². The maximum Gasteiger partial charge on any atom is 0.271 e. The minimum atomic E-state index is -0.914. The normalized spacial score (nSPS) is 20.3. The predicted octanol–water partition coefficient (Wildman–Crippen LogP) is 2.21. The van der Waals surface area contributed by atoms with Gasteiger partial charge in [0.05, 0.1) is 6.10 Å². The van der Waals surface area contributed by atoms with E-state index in [1.807, 2.05) is 6.07 Å². The van der Waals surface area contributed by atoms with Crippen LogP contribution >= 0.6 is 11.3 Å². The predicted molar refractivity (Wildman–Crippen MR) is 128 cm³/mol. The molecule has 3 atom stereocenters. The number of carbonyl (C=O) groups excluding carboxylic acids is 3. The summed E-state index contributed by atoms with van der Waals surface area (Å²) in [5.41, 5.74) is 1.76. The van der Waals surface area contributed by atoms with Gasteiger partial charge in [-0.15, -0.1) is 11.3 Å². The molecule has 3 unspecified atom stereocenters. The molecule has 2 saturated heterocycles. The molecule has 2 N–H and O–H groups in total. The minimum absolute atomic E-state index is 0.00401. The van der Waals surface area contributed by atoms with E-state index in [1.165, 1.54) is 23.5 Å². The second kappa shape index (κ2) is 9.93. The van der Waals surface area contributed by atoms with Gasteiger partial charge in [0.15, 0.2) is 5.78 Å². The SMILES string of the molecule is O=C(NC(Cc1ccc(O)cc1)C(=O)N1CCCC2OCC(=O)C21)c1csc(-c2cccnc2)n1. The van der Waals surface area contributed by atoms with E-state index in [0.29, 0.717) is 11.6 Å². The standard InChI is InChI=1S/C25H24N4O5S/c30-17-7-5-15(6-8-17)11-18(25(33)29-10-2-4-21-22(29)20(31)13-34-21)27-23(32)19-14-35-24(28-19)16-3-1-9-26-12-16/h1,3,5-9,12,14,18,21-22,30H,2,4,10-11,13H2,(H,27,32). The van der Waals surface area contributed by atoms with Crippen LogP contribution in [0.3, 0.4) is 0 Å². The van der Waals surface area contributed by atoms with E-state index in [9.17, 15) is 19.5 Å². The molecule has 0 aliphatic carbocycles. The number of thiazole rings is 1. The average molecular weight is 493 g/mol. The largest absolute Gasteiger partial charge is 0.508 e. The Morgan fingerprint density at radius 1 is 1.26 bits per heavy atom. The van der Waals surface area contributed by atoms with E-state index < -0.39 is 18.0 Å². The third kappa shape index (κ3) is 4.94. The van der Waals surface area contributed by atoms with Crippen molar-refractivity contribution in [3.63, 3.8) is 0 Å². The van der Waals surface area contributed by atoms with Gasteiger partial charge in [-0.1, -0.05) is 12.1 Å². The van der Waals surface area contributed by atoms with Crippen LogP contribution < -0.4 is 5.32 Å². The third-order valence-electron chi connectivity index (χ3n) is 6.25. The van der Waals surface area contributed by atoms with Crippen LogP contribution in [0.25, 0.3) is 10.6 Å². The van der Waals surface area contributed by atoms with Crippen LogP contribution in [0.15, 0.2) is 54.2 Å². The van der Waals surface area contributed by atoms with Gasteiger partial charge in [-0.3, -0.25) is 19.4 Å². The number of Topliss-reactive ketones (excluding diaryl/α,β-unsaturated/α-hetero) is 1. The molecule has 2 amide bonds. The Bertz CT molecular complexity index is 1230. The zero-order valence-electron chi connectivity index (χ0n) is 18.8. The molecule has 2 aromatic heterocycles. The zero-order chi connectivity index (χ0) is 24.4. The highest BCUT2D eigenvalue weighted by Gasteiger charge is 2.45. The number of phenolic OH excluding ortho intramolecular Hbond substituents is 1. The molecular weight excluding hydrogens is 468 g/mol. The highest BCUT2D eigenvalue weighted by atomic mass is 32.1. The van der Waals surface area contributed by atoms with Crippen LogP contribution in [0.4, 0.5) is 0 Å². The van der Waals surface area contributed by atoms with Crippen molar-refractivity contribution in [3.8, 4) is 16.3 Å². The number of pyridine rings is 1. The monoisotopic (exact) mass is 492 g/mol. The van der Waals surface area contributed by atoms with Crippen LogP contribution in [0.1, 0.15) is 28.9 Å². The molecule has 4 heterocycles. The summed E-state index contributed by atoms with van der Waals surface area (Å²) in [6.45, 7) is 0.433. The molecule has 10 heteroatoms. The number of ether oxygens (including phenoxy) is 1. The number of aromatic hydroxyl groups is 1. The fourth-order valence-electron chi connectivity index (χ4n) is 4.54. The second-order valence-electron chi connectivity index (χ2n) is 8.61. The number of ketones is 1. The van der Waals surface area contributed by atoms with Crippen molar-refractivity contribution in [2.45, 2.75) is 37.5 Å². The molecule has 0 bridgehead atoms. The van der Waals surface area contributed by atoms with E-state index in [1.54, 1.807) is 40.9 Å². The maximum absolute atomic E-state index is 13.7. The summed E-state index contributed by atoms with van der Waals surface area (Å²) >= 11 is 1.32. The Hall–Kier alpha value is -3.63. The quantitative estimate of drug-likeness (QED) is 0.541. The van der Waals surface area contributed by atoms with Gasteiger partial charge in [-0.25, -0.2) is 4.98 Å². The summed E-state index contributed by atoms with van der Waals surface area (Å²) in [6, 6.07) is 8.59.